The Morgan fingerprint density at radius 2 is 1.82 bits per heavy atom. The van der Waals surface area contributed by atoms with E-state index < -0.39 is 0 Å². The Balaban J connectivity index is 1.59. The predicted molar refractivity (Wildman–Crippen MR) is 127 cm³/mol. The van der Waals surface area contributed by atoms with Crippen molar-refractivity contribution in [1.82, 2.24) is 4.90 Å². The van der Waals surface area contributed by atoms with E-state index in [0.29, 0.717) is 25.3 Å². The van der Waals surface area contributed by atoms with Crippen LogP contribution >= 0.6 is 0 Å². The number of amides is 2. The molecule has 2 aliphatic rings. The molecular formula is C26H32FN3O3. The van der Waals surface area contributed by atoms with Crippen molar-refractivity contribution >= 4 is 23.2 Å². The van der Waals surface area contributed by atoms with Crippen molar-refractivity contribution in [2.24, 2.45) is 5.92 Å². The smallest absolute Gasteiger partial charge is 0.254 e. The second kappa shape index (κ2) is 10.3. The number of nitrogens with zero attached hydrogens (tertiary/aromatic N) is 2. The molecule has 0 aromatic heterocycles. The summed E-state index contributed by atoms with van der Waals surface area (Å²) in [7, 11) is 3.91. The zero-order valence-corrected chi connectivity index (χ0v) is 19.4. The minimum absolute atomic E-state index is 0.0151. The van der Waals surface area contributed by atoms with Gasteiger partial charge >= 0.3 is 0 Å². The molecule has 6 nitrogen and oxygen atoms in total. The maximum Gasteiger partial charge on any atom is 0.254 e. The number of anilines is 2. The number of hydrogen-bond acceptors (Lipinski definition) is 4. The Morgan fingerprint density at radius 3 is 2.42 bits per heavy atom. The van der Waals surface area contributed by atoms with Gasteiger partial charge in [0.2, 0.25) is 5.91 Å². The normalized spacial score (nSPS) is 18.0. The van der Waals surface area contributed by atoms with Gasteiger partial charge < -0.3 is 19.9 Å². The lowest BCUT2D eigenvalue weighted by molar-refractivity contribution is -0.122. The first-order valence-corrected chi connectivity index (χ1v) is 11.7. The van der Waals surface area contributed by atoms with Crippen molar-refractivity contribution in [2.75, 3.05) is 37.5 Å². The molecule has 1 aliphatic carbocycles. The highest BCUT2D eigenvalue weighted by molar-refractivity contribution is 5.95. The van der Waals surface area contributed by atoms with Gasteiger partial charge in [0.05, 0.1) is 6.10 Å². The third-order valence-electron chi connectivity index (χ3n) is 6.49. The number of rotatable bonds is 8. The molecule has 33 heavy (non-hydrogen) atoms. The quantitative estimate of drug-likeness (QED) is 0.642. The Hall–Kier alpha value is -2.93. The van der Waals surface area contributed by atoms with Gasteiger partial charge in [0.25, 0.3) is 5.91 Å². The Labute approximate surface area is 194 Å². The number of halogens is 1. The second-order valence-electron chi connectivity index (χ2n) is 9.18. The van der Waals surface area contributed by atoms with Gasteiger partial charge in [-0.15, -0.1) is 0 Å². The zero-order chi connectivity index (χ0) is 23.4. The number of carbonyl (C=O) groups excluding carboxylic acids is 2. The minimum Gasteiger partial charge on any atom is -0.377 e. The summed E-state index contributed by atoms with van der Waals surface area (Å²) < 4.78 is 19.2. The summed E-state index contributed by atoms with van der Waals surface area (Å²) in [5, 5.41) is 3.04. The fourth-order valence-electron chi connectivity index (χ4n) is 4.38. The van der Waals surface area contributed by atoms with Gasteiger partial charge in [-0.1, -0.05) is 6.42 Å². The summed E-state index contributed by atoms with van der Waals surface area (Å²) in [6, 6.07) is 11.5. The van der Waals surface area contributed by atoms with E-state index in [0.717, 1.165) is 49.0 Å². The monoisotopic (exact) mass is 453 g/mol. The van der Waals surface area contributed by atoms with Crippen molar-refractivity contribution in [1.29, 1.82) is 0 Å². The first kappa shape index (κ1) is 23.2. The lowest BCUT2D eigenvalue weighted by Gasteiger charge is -2.29. The highest BCUT2D eigenvalue weighted by Crippen LogP contribution is 2.30. The molecule has 1 saturated carbocycles. The highest BCUT2D eigenvalue weighted by atomic mass is 19.1. The molecule has 7 heteroatoms. The number of benzene rings is 2. The topological polar surface area (TPSA) is 61.9 Å². The number of carbonyl (C=O) groups is 2. The van der Waals surface area contributed by atoms with Crippen molar-refractivity contribution in [3.05, 3.63) is 59.4 Å². The summed E-state index contributed by atoms with van der Waals surface area (Å²) in [6.07, 6.45) is 4.86. The van der Waals surface area contributed by atoms with Gasteiger partial charge in [-0.2, -0.15) is 0 Å². The molecule has 1 atom stereocenters. The van der Waals surface area contributed by atoms with Crippen LogP contribution in [0.1, 0.15) is 48.0 Å². The van der Waals surface area contributed by atoms with E-state index >= 15 is 0 Å². The molecule has 2 aromatic carbocycles. The SMILES string of the molecule is CN(C)c1ccc(NC(=O)C2CCC2)cc1CN(CC1CCCO1)C(=O)c1ccc(F)cc1. The summed E-state index contributed by atoms with van der Waals surface area (Å²) in [5.74, 6) is -0.386. The summed E-state index contributed by atoms with van der Waals surface area (Å²) >= 11 is 0. The Kier molecular flexibility index (Phi) is 7.28. The van der Waals surface area contributed by atoms with Crippen LogP contribution < -0.4 is 10.2 Å². The number of nitrogens with one attached hydrogen (secondary N) is 1. The van der Waals surface area contributed by atoms with E-state index in [4.69, 9.17) is 4.74 Å². The van der Waals surface area contributed by atoms with E-state index in [-0.39, 0.29) is 29.7 Å². The molecule has 1 heterocycles. The summed E-state index contributed by atoms with van der Waals surface area (Å²) in [5.41, 5.74) is 3.08. The molecule has 176 valence electrons. The third kappa shape index (κ3) is 5.71. The van der Waals surface area contributed by atoms with Gasteiger partial charge in [-0.25, -0.2) is 4.39 Å². The van der Waals surface area contributed by atoms with Crippen molar-refractivity contribution in [3.8, 4) is 0 Å². The Bertz CT molecular complexity index is 983. The number of hydrogen-bond donors (Lipinski definition) is 1. The van der Waals surface area contributed by atoms with E-state index in [9.17, 15) is 14.0 Å². The maximum absolute atomic E-state index is 13.4. The molecular weight excluding hydrogens is 421 g/mol. The van der Waals surface area contributed by atoms with E-state index in [2.05, 4.69) is 5.32 Å². The standard InChI is InChI=1S/C26H32FN3O3/c1-29(2)24-13-12-22(28-25(31)18-5-3-6-18)15-20(24)16-30(17-23-7-4-14-33-23)26(32)19-8-10-21(27)11-9-19/h8-13,15,18,23H,3-7,14,16-17H2,1-2H3,(H,28,31). The molecule has 1 unspecified atom stereocenters. The lowest BCUT2D eigenvalue weighted by atomic mass is 9.85. The molecule has 0 spiro atoms. The van der Waals surface area contributed by atoms with Crippen LogP contribution in [0, 0.1) is 11.7 Å². The second-order valence-corrected chi connectivity index (χ2v) is 9.18. The molecule has 2 fully saturated rings. The third-order valence-corrected chi connectivity index (χ3v) is 6.49. The van der Waals surface area contributed by atoms with Gasteiger partial charge in [0, 0.05) is 56.6 Å². The molecule has 0 radical (unpaired) electrons. The molecule has 4 rings (SSSR count). The van der Waals surface area contributed by atoms with Crippen LogP contribution in [0.15, 0.2) is 42.5 Å². The molecule has 1 saturated heterocycles. The summed E-state index contributed by atoms with van der Waals surface area (Å²) in [4.78, 5) is 29.6. The van der Waals surface area contributed by atoms with Crippen LogP contribution in [0.3, 0.4) is 0 Å². The van der Waals surface area contributed by atoms with E-state index in [1.165, 1.54) is 24.3 Å². The van der Waals surface area contributed by atoms with Crippen molar-refractivity contribution in [2.45, 2.75) is 44.8 Å². The van der Waals surface area contributed by atoms with Crippen LogP contribution in [-0.2, 0) is 16.1 Å². The predicted octanol–water partition coefficient (Wildman–Crippen LogP) is 4.45. The first-order chi connectivity index (χ1) is 15.9. The average molecular weight is 454 g/mol. The largest absolute Gasteiger partial charge is 0.377 e. The molecule has 2 amide bonds. The van der Waals surface area contributed by atoms with E-state index in [1.807, 2.05) is 37.2 Å². The lowest BCUT2D eigenvalue weighted by Crippen LogP contribution is -2.37. The van der Waals surface area contributed by atoms with Crippen LogP contribution in [0.25, 0.3) is 0 Å². The summed E-state index contributed by atoms with van der Waals surface area (Å²) in [6.45, 7) is 1.52. The van der Waals surface area contributed by atoms with Crippen LogP contribution in [-0.4, -0.2) is 50.1 Å². The fraction of sp³-hybridized carbons (Fsp3) is 0.462. The molecule has 0 bridgehead atoms. The number of ether oxygens (including phenoxy) is 1. The van der Waals surface area contributed by atoms with Crippen LogP contribution in [0.5, 0.6) is 0 Å². The minimum atomic E-state index is -0.373. The van der Waals surface area contributed by atoms with Crippen LogP contribution in [0.2, 0.25) is 0 Å². The molecule has 1 N–H and O–H groups in total. The van der Waals surface area contributed by atoms with Gasteiger partial charge in [0.1, 0.15) is 5.82 Å². The van der Waals surface area contributed by atoms with Gasteiger partial charge in [-0.05, 0) is 73.7 Å². The van der Waals surface area contributed by atoms with Gasteiger partial charge in [-0.3, -0.25) is 9.59 Å². The Morgan fingerprint density at radius 1 is 1.06 bits per heavy atom. The van der Waals surface area contributed by atoms with Crippen molar-refractivity contribution < 1.29 is 18.7 Å². The molecule has 2 aromatic rings. The van der Waals surface area contributed by atoms with Crippen molar-refractivity contribution in [3.63, 3.8) is 0 Å². The average Bonchev–Trinajstić information content (AvgIpc) is 3.25. The van der Waals surface area contributed by atoms with Gasteiger partial charge in [0.15, 0.2) is 0 Å². The molecule has 1 aliphatic heterocycles. The van der Waals surface area contributed by atoms with Crippen LogP contribution in [0.4, 0.5) is 15.8 Å². The van der Waals surface area contributed by atoms with E-state index in [1.54, 1.807) is 4.90 Å². The zero-order valence-electron chi connectivity index (χ0n) is 19.4. The fourth-order valence-corrected chi connectivity index (χ4v) is 4.38. The first-order valence-electron chi connectivity index (χ1n) is 11.7. The maximum atomic E-state index is 13.4. The highest BCUT2D eigenvalue weighted by Gasteiger charge is 2.27.